The zero-order chi connectivity index (χ0) is 16.7. The Morgan fingerprint density at radius 1 is 1.35 bits per heavy atom. The highest BCUT2D eigenvalue weighted by Crippen LogP contribution is 2.15. The molecule has 5 heteroatoms. The Morgan fingerprint density at radius 2 is 2.09 bits per heavy atom. The Bertz CT molecular complexity index is 482. The largest absolute Gasteiger partial charge is 0.491 e. The highest BCUT2D eigenvalue weighted by molar-refractivity contribution is 5.81. The molecule has 0 saturated carbocycles. The number of carbonyl (C=O) groups is 1. The monoisotopic (exact) mass is 320 g/mol. The highest BCUT2D eigenvalue weighted by atomic mass is 16.5. The molecule has 5 nitrogen and oxygen atoms in total. The molecule has 1 aromatic rings. The number of hydrogen-bond acceptors (Lipinski definition) is 4. The first-order valence-electron chi connectivity index (χ1n) is 8.43. The molecule has 2 rings (SSSR count). The summed E-state index contributed by atoms with van der Waals surface area (Å²) in [5, 5.41) is 6.20. The first kappa shape index (κ1) is 17.8. The third-order valence-electron chi connectivity index (χ3n) is 3.77. The Labute approximate surface area is 138 Å². The number of benzene rings is 1. The average molecular weight is 320 g/mol. The van der Waals surface area contributed by atoms with E-state index in [1.54, 1.807) is 0 Å². The van der Waals surface area contributed by atoms with Gasteiger partial charge in [0.2, 0.25) is 0 Å². The van der Waals surface area contributed by atoms with E-state index >= 15 is 0 Å². The second-order valence-corrected chi connectivity index (χ2v) is 6.32. The van der Waals surface area contributed by atoms with Crippen LogP contribution in [-0.4, -0.2) is 43.9 Å². The molecular formula is C18H28N2O3. The van der Waals surface area contributed by atoms with E-state index in [0.29, 0.717) is 13.2 Å². The van der Waals surface area contributed by atoms with E-state index in [0.717, 1.165) is 25.1 Å². The van der Waals surface area contributed by atoms with Gasteiger partial charge in [-0.05, 0) is 51.3 Å². The van der Waals surface area contributed by atoms with E-state index in [2.05, 4.69) is 22.8 Å². The summed E-state index contributed by atoms with van der Waals surface area (Å²) in [6.07, 6.45) is 1.65. The lowest BCUT2D eigenvalue weighted by Gasteiger charge is -2.24. The van der Waals surface area contributed by atoms with Gasteiger partial charge in [0.1, 0.15) is 11.9 Å². The van der Waals surface area contributed by atoms with E-state index in [9.17, 15) is 4.79 Å². The van der Waals surface area contributed by atoms with Crippen LogP contribution in [0.4, 0.5) is 0 Å². The van der Waals surface area contributed by atoms with Crippen LogP contribution in [0, 0.1) is 0 Å². The van der Waals surface area contributed by atoms with Crippen molar-refractivity contribution in [2.24, 2.45) is 0 Å². The Balaban J connectivity index is 1.73. The van der Waals surface area contributed by atoms with Crippen molar-refractivity contribution in [3.63, 3.8) is 0 Å². The number of hydrogen-bond donors (Lipinski definition) is 2. The van der Waals surface area contributed by atoms with E-state index < -0.39 is 0 Å². The third-order valence-corrected chi connectivity index (χ3v) is 3.77. The summed E-state index contributed by atoms with van der Waals surface area (Å²) in [6, 6.07) is 8.29. The summed E-state index contributed by atoms with van der Waals surface area (Å²) >= 11 is 0. The van der Waals surface area contributed by atoms with Gasteiger partial charge < -0.3 is 20.1 Å². The molecule has 128 valence electrons. The number of ether oxygens (including phenoxy) is 2. The van der Waals surface area contributed by atoms with Crippen molar-refractivity contribution in [3.05, 3.63) is 29.8 Å². The second kappa shape index (κ2) is 8.89. The fraction of sp³-hybridized carbons (Fsp3) is 0.611. The van der Waals surface area contributed by atoms with Crippen LogP contribution in [0.15, 0.2) is 24.3 Å². The molecule has 1 aliphatic heterocycles. The minimum atomic E-state index is -0.362. The molecule has 2 N–H and O–H groups in total. The predicted molar refractivity (Wildman–Crippen MR) is 90.7 cm³/mol. The fourth-order valence-corrected chi connectivity index (χ4v) is 2.53. The van der Waals surface area contributed by atoms with Gasteiger partial charge in [-0.3, -0.25) is 4.79 Å². The van der Waals surface area contributed by atoms with E-state index in [-0.39, 0.29) is 24.2 Å². The van der Waals surface area contributed by atoms with Crippen LogP contribution >= 0.6 is 0 Å². The standard InChI is InChI=1S/C18H28N2O3/c1-13(2)23-16-8-6-15(7-9-16)5-4-14(3)20-18(21)17-12-19-10-11-22-17/h6-9,13-14,17,19H,4-5,10-12H2,1-3H3,(H,20,21). The Hall–Kier alpha value is -1.59. The normalized spacial score (nSPS) is 19.4. The molecule has 0 radical (unpaired) electrons. The molecule has 0 aromatic heterocycles. The van der Waals surface area contributed by atoms with Gasteiger partial charge in [-0.1, -0.05) is 12.1 Å². The van der Waals surface area contributed by atoms with Gasteiger partial charge in [-0.2, -0.15) is 0 Å². The molecule has 0 spiro atoms. The SMILES string of the molecule is CC(CCc1ccc(OC(C)C)cc1)NC(=O)C1CNCCO1. The lowest BCUT2D eigenvalue weighted by Crippen LogP contribution is -2.49. The van der Waals surface area contributed by atoms with Gasteiger partial charge in [0.15, 0.2) is 0 Å². The molecule has 0 aliphatic carbocycles. The molecule has 23 heavy (non-hydrogen) atoms. The first-order chi connectivity index (χ1) is 11.0. The number of carbonyl (C=O) groups excluding carboxylic acids is 1. The van der Waals surface area contributed by atoms with Crippen LogP contribution in [0.5, 0.6) is 5.75 Å². The van der Waals surface area contributed by atoms with E-state index in [1.165, 1.54) is 5.56 Å². The maximum Gasteiger partial charge on any atom is 0.250 e. The summed E-state index contributed by atoms with van der Waals surface area (Å²) in [5.74, 6) is 0.873. The van der Waals surface area contributed by atoms with Crippen molar-refractivity contribution in [2.45, 2.75) is 51.9 Å². The van der Waals surface area contributed by atoms with Crippen molar-refractivity contribution in [3.8, 4) is 5.75 Å². The predicted octanol–water partition coefficient (Wildman–Crippen LogP) is 1.90. The van der Waals surface area contributed by atoms with E-state index in [1.807, 2.05) is 32.9 Å². The molecule has 1 aliphatic rings. The maximum absolute atomic E-state index is 12.1. The van der Waals surface area contributed by atoms with Crippen molar-refractivity contribution < 1.29 is 14.3 Å². The summed E-state index contributed by atoms with van der Waals surface area (Å²) in [6.45, 7) is 8.07. The number of nitrogens with one attached hydrogen (secondary N) is 2. The van der Waals surface area contributed by atoms with Crippen LogP contribution in [-0.2, 0) is 16.0 Å². The lowest BCUT2D eigenvalue weighted by atomic mass is 10.1. The first-order valence-corrected chi connectivity index (χ1v) is 8.43. The average Bonchev–Trinajstić information content (AvgIpc) is 2.54. The summed E-state index contributed by atoms with van der Waals surface area (Å²) < 4.78 is 11.1. The fourth-order valence-electron chi connectivity index (χ4n) is 2.53. The van der Waals surface area contributed by atoms with Crippen LogP contribution in [0.25, 0.3) is 0 Å². The number of aryl methyl sites for hydroxylation is 1. The molecule has 2 unspecified atom stereocenters. The van der Waals surface area contributed by atoms with Crippen molar-refractivity contribution in [1.29, 1.82) is 0 Å². The molecule has 1 fully saturated rings. The van der Waals surface area contributed by atoms with Crippen molar-refractivity contribution in [1.82, 2.24) is 10.6 Å². The van der Waals surface area contributed by atoms with Gasteiger partial charge >= 0.3 is 0 Å². The number of amides is 1. The molecular weight excluding hydrogens is 292 g/mol. The molecule has 0 bridgehead atoms. The van der Waals surface area contributed by atoms with Gasteiger partial charge in [0.05, 0.1) is 12.7 Å². The minimum Gasteiger partial charge on any atom is -0.491 e. The molecule has 2 atom stereocenters. The van der Waals surface area contributed by atoms with Crippen LogP contribution in [0.2, 0.25) is 0 Å². The summed E-state index contributed by atoms with van der Waals surface area (Å²) in [5.41, 5.74) is 1.25. The maximum atomic E-state index is 12.1. The lowest BCUT2D eigenvalue weighted by molar-refractivity contribution is -0.134. The van der Waals surface area contributed by atoms with Gasteiger partial charge in [0.25, 0.3) is 5.91 Å². The quantitative estimate of drug-likeness (QED) is 0.805. The van der Waals surface area contributed by atoms with Crippen LogP contribution in [0.3, 0.4) is 0 Å². The molecule has 1 heterocycles. The second-order valence-electron chi connectivity index (χ2n) is 6.32. The summed E-state index contributed by atoms with van der Waals surface area (Å²) in [7, 11) is 0. The Kier molecular flexibility index (Phi) is 6.86. The molecule has 1 saturated heterocycles. The van der Waals surface area contributed by atoms with Crippen LogP contribution < -0.4 is 15.4 Å². The van der Waals surface area contributed by atoms with Gasteiger partial charge in [-0.15, -0.1) is 0 Å². The van der Waals surface area contributed by atoms with Gasteiger partial charge in [-0.25, -0.2) is 0 Å². The van der Waals surface area contributed by atoms with Crippen molar-refractivity contribution in [2.75, 3.05) is 19.7 Å². The zero-order valence-electron chi connectivity index (χ0n) is 14.3. The smallest absolute Gasteiger partial charge is 0.250 e. The molecule has 1 aromatic carbocycles. The number of morpholine rings is 1. The minimum absolute atomic E-state index is 0.0228. The zero-order valence-corrected chi connectivity index (χ0v) is 14.3. The topological polar surface area (TPSA) is 59.6 Å². The molecule has 1 amide bonds. The van der Waals surface area contributed by atoms with Crippen molar-refractivity contribution >= 4 is 5.91 Å². The van der Waals surface area contributed by atoms with E-state index in [4.69, 9.17) is 9.47 Å². The van der Waals surface area contributed by atoms with Crippen LogP contribution in [0.1, 0.15) is 32.8 Å². The highest BCUT2D eigenvalue weighted by Gasteiger charge is 2.22. The summed E-state index contributed by atoms with van der Waals surface area (Å²) in [4.78, 5) is 12.1. The Morgan fingerprint density at radius 3 is 2.70 bits per heavy atom. The van der Waals surface area contributed by atoms with Gasteiger partial charge in [0, 0.05) is 19.1 Å². The number of rotatable bonds is 7. The third kappa shape index (κ3) is 6.20.